The zero-order valence-electron chi connectivity index (χ0n) is 10.1. The predicted molar refractivity (Wildman–Crippen MR) is 65.4 cm³/mol. The highest BCUT2D eigenvalue weighted by atomic mass is 16.1. The van der Waals surface area contributed by atoms with E-state index in [4.69, 9.17) is 0 Å². The third-order valence-corrected chi connectivity index (χ3v) is 3.95. The van der Waals surface area contributed by atoms with Gasteiger partial charge in [0.2, 0.25) is 0 Å². The fraction of sp³-hybridized carbons (Fsp3) is 0.923. The van der Waals surface area contributed by atoms with Gasteiger partial charge >= 0.3 is 0 Å². The summed E-state index contributed by atoms with van der Waals surface area (Å²) < 4.78 is 0. The van der Waals surface area contributed by atoms with Crippen molar-refractivity contribution in [2.75, 3.05) is 26.2 Å². The lowest BCUT2D eigenvalue weighted by Gasteiger charge is -2.24. The van der Waals surface area contributed by atoms with Crippen LogP contribution in [0, 0.1) is 11.8 Å². The van der Waals surface area contributed by atoms with Gasteiger partial charge < -0.3 is 10.6 Å². The predicted octanol–water partition coefficient (Wildman–Crippen LogP) is 1.33. The van der Waals surface area contributed by atoms with E-state index < -0.39 is 0 Å². The van der Waals surface area contributed by atoms with Gasteiger partial charge in [-0.3, -0.25) is 4.79 Å². The van der Waals surface area contributed by atoms with Crippen molar-refractivity contribution in [3.05, 3.63) is 0 Å². The van der Waals surface area contributed by atoms with Crippen LogP contribution in [0.25, 0.3) is 0 Å². The van der Waals surface area contributed by atoms with Gasteiger partial charge in [-0.15, -0.1) is 0 Å². The third-order valence-electron chi connectivity index (χ3n) is 3.95. The average molecular weight is 224 g/mol. The quantitative estimate of drug-likeness (QED) is 0.757. The molecule has 0 aromatic heterocycles. The molecular weight excluding hydrogens is 200 g/mol. The van der Waals surface area contributed by atoms with Gasteiger partial charge in [-0.25, -0.2) is 0 Å². The molecule has 0 amide bonds. The molecule has 2 rings (SSSR count). The summed E-state index contributed by atoms with van der Waals surface area (Å²) in [6.45, 7) is 4.41. The Kier molecular flexibility index (Phi) is 4.79. The molecule has 0 aromatic carbocycles. The van der Waals surface area contributed by atoms with E-state index in [1.54, 1.807) is 0 Å². The number of ketones is 1. The summed E-state index contributed by atoms with van der Waals surface area (Å²) in [7, 11) is 0. The molecule has 0 spiro atoms. The fourth-order valence-electron chi connectivity index (χ4n) is 2.90. The molecule has 0 saturated carbocycles. The number of carbonyl (C=O) groups is 1. The Morgan fingerprint density at radius 2 is 1.19 bits per heavy atom. The van der Waals surface area contributed by atoms with Crippen molar-refractivity contribution in [1.29, 1.82) is 0 Å². The van der Waals surface area contributed by atoms with Crippen LogP contribution in [0.2, 0.25) is 0 Å². The summed E-state index contributed by atoms with van der Waals surface area (Å²) in [5.41, 5.74) is 0. The molecule has 3 heteroatoms. The second-order valence-electron chi connectivity index (χ2n) is 5.33. The number of piperidine rings is 2. The van der Waals surface area contributed by atoms with Crippen molar-refractivity contribution in [2.45, 2.75) is 38.5 Å². The summed E-state index contributed by atoms with van der Waals surface area (Å²) in [6, 6.07) is 0. The zero-order valence-corrected chi connectivity index (χ0v) is 10.1. The Morgan fingerprint density at radius 1 is 0.812 bits per heavy atom. The molecule has 0 unspecified atom stereocenters. The molecule has 0 atom stereocenters. The van der Waals surface area contributed by atoms with Gasteiger partial charge in [0.25, 0.3) is 0 Å². The average Bonchev–Trinajstić information content (AvgIpc) is 2.31. The molecule has 0 aromatic rings. The molecule has 92 valence electrons. The lowest BCUT2D eigenvalue weighted by Crippen LogP contribution is -2.31. The van der Waals surface area contributed by atoms with Crippen LogP contribution < -0.4 is 10.6 Å². The van der Waals surface area contributed by atoms with Crippen LogP contribution in [0.5, 0.6) is 0 Å². The number of rotatable bonds is 4. The second-order valence-corrected chi connectivity index (χ2v) is 5.33. The first kappa shape index (κ1) is 12.1. The Morgan fingerprint density at radius 3 is 1.56 bits per heavy atom. The van der Waals surface area contributed by atoms with Gasteiger partial charge in [-0.05, 0) is 63.7 Å². The highest BCUT2D eigenvalue weighted by Gasteiger charge is 2.20. The largest absolute Gasteiger partial charge is 0.317 e. The van der Waals surface area contributed by atoms with Gasteiger partial charge in [0.15, 0.2) is 0 Å². The summed E-state index contributed by atoms with van der Waals surface area (Å²) in [5.74, 6) is 1.84. The minimum atomic E-state index is 0.513. The molecule has 0 radical (unpaired) electrons. The van der Waals surface area contributed by atoms with E-state index in [2.05, 4.69) is 10.6 Å². The molecule has 0 aliphatic carbocycles. The number of Topliss-reactive ketones (excluding diaryl/α,β-unsaturated/α-hetero) is 1. The monoisotopic (exact) mass is 224 g/mol. The van der Waals surface area contributed by atoms with Crippen LogP contribution in [-0.2, 0) is 4.79 Å². The van der Waals surface area contributed by atoms with E-state index in [1.165, 1.54) is 25.7 Å². The third kappa shape index (κ3) is 3.87. The first-order chi connectivity index (χ1) is 7.84. The second kappa shape index (κ2) is 6.36. The van der Waals surface area contributed by atoms with E-state index in [-0.39, 0.29) is 0 Å². The first-order valence-corrected chi connectivity index (χ1v) is 6.77. The molecule has 2 aliphatic heterocycles. The van der Waals surface area contributed by atoms with Crippen molar-refractivity contribution in [3.8, 4) is 0 Å². The smallest absolute Gasteiger partial charge is 0.133 e. The summed E-state index contributed by atoms with van der Waals surface area (Å²) in [5, 5.41) is 6.70. The fourth-order valence-corrected chi connectivity index (χ4v) is 2.90. The number of nitrogens with one attached hydrogen (secondary N) is 2. The Balaban J connectivity index is 1.66. The van der Waals surface area contributed by atoms with Gasteiger partial charge in [-0.2, -0.15) is 0 Å². The van der Waals surface area contributed by atoms with Gasteiger partial charge in [0.05, 0.1) is 0 Å². The maximum absolute atomic E-state index is 11.9. The topological polar surface area (TPSA) is 41.1 Å². The minimum Gasteiger partial charge on any atom is -0.317 e. The highest BCUT2D eigenvalue weighted by molar-refractivity contribution is 5.78. The standard InChI is InChI=1S/C13H24N2O/c16-13(9-11-1-5-14-6-2-11)10-12-3-7-15-8-4-12/h11-12,14-15H,1-10H2. The maximum atomic E-state index is 11.9. The minimum absolute atomic E-state index is 0.513. The van der Waals surface area contributed by atoms with Crippen molar-refractivity contribution < 1.29 is 4.79 Å². The van der Waals surface area contributed by atoms with Crippen LogP contribution in [0.15, 0.2) is 0 Å². The maximum Gasteiger partial charge on any atom is 0.133 e. The Hall–Kier alpha value is -0.410. The van der Waals surface area contributed by atoms with Gasteiger partial charge in [-0.1, -0.05) is 0 Å². The molecule has 3 nitrogen and oxygen atoms in total. The SMILES string of the molecule is O=C(CC1CCNCC1)CC1CCNCC1. The van der Waals surface area contributed by atoms with Crippen molar-refractivity contribution >= 4 is 5.78 Å². The molecule has 2 fully saturated rings. The molecule has 16 heavy (non-hydrogen) atoms. The Bertz CT molecular complexity index is 196. The van der Waals surface area contributed by atoms with Crippen LogP contribution in [0.1, 0.15) is 38.5 Å². The van der Waals surface area contributed by atoms with E-state index in [0.29, 0.717) is 17.6 Å². The number of hydrogen-bond donors (Lipinski definition) is 2. The van der Waals surface area contributed by atoms with Crippen molar-refractivity contribution in [2.24, 2.45) is 11.8 Å². The van der Waals surface area contributed by atoms with E-state index >= 15 is 0 Å². The number of hydrogen-bond acceptors (Lipinski definition) is 3. The van der Waals surface area contributed by atoms with Crippen LogP contribution in [0.4, 0.5) is 0 Å². The van der Waals surface area contributed by atoms with E-state index in [9.17, 15) is 4.79 Å². The summed E-state index contributed by atoms with van der Waals surface area (Å²) >= 11 is 0. The summed E-state index contributed by atoms with van der Waals surface area (Å²) in [6.07, 6.45) is 6.45. The molecule has 2 saturated heterocycles. The molecule has 2 aliphatic rings. The van der Waals surface area contributed by atoms with Gasteiger partial charge in [0, 0.05) is 12.8 Å². The molecule has 2 heterocycles. The normalized spacial score (nSPS) is 24.5. The van der Waals surface area contributed by atoms with E-state index in [0.717, 1.165) is 39.0 Å². The zero-order chi connectivity index (χ0) is 11.2. The van der Waals surface area contributed by atoms with Crippen LogP contribution in [-0.4, -0.2) is 32.0 Å². The molecule has 2 N–H and O–H groups in total. The molecule has 0 bridgehead atoms. The van der Waals surface area contributed by atoms with Crippen molar-refractivity contribution in [3.63, 3.8) is 0 Å². The summed E-state index contributed by atoms with van der Waals surface area (Å²) in [4.78, 5) is 11.9. The van der Waals surface area contributed by atoms with Gasteiger partial charge in [0.1, 0.15) is 5.78 Å². The Labute approximate surface area is 98.4 Å². The van der Waals surface area contributed by atoms with Crippen LogP contribution >= 0.6 is 0 Å². The number of carbonyl (C=O) groups excluding carboxylic acids is 1. The lowest BCUT2D eigenvalue weighted by atomic mass is 9.87. The highest BCUT2D eigenvalue weighted by Crippen LogP contribution is 2.21. The first-order valence-electron chi connectivity index (χ1n) is 6.77. The molecular formula is C13H24N2O. The van der Waals surface area contributed by atoms with E-state index in [1.807, 2.05) is 0 Å². The lowest BCUT2D eigenvalue weighted by molar-refractivity contribution is -0.121. The van der Waals surface area contributed by atoms with Crippen molar-refractivity contribution in [1.82, 2.24) is 10.6 Å². The van der Waals surface area contributed by atoms with Crippen LogP contribution in [0.3, 0.4) is 0 Å².